The lowest BCUT2D eigenvalue weighted by Crippen LogP contribution is -2.53. The summed E-state index contributed by atoms with van der Waals surface area (Å²) in [6.07, 6.45) is 7.51. The third-order valence-corrected chi connectivity index (χ3v) is 10.5. The minimum Gasteiger partial charge on any atom is -0.453 e. The number of amides is 3. The predicted molar refractivity (Wildman–Crippen MR) is 200 cm³/mol. The quantitative estimate of drug-likeness (QED) is 0.219. The summed E-state index contributed by atoms with van der Waals surface area (Å²) in [4.78, 5) is 55.6. The number of benzene rings is 2. The Hall–Kier alpha value is -4.77. The second kappa shape index (κ2) is 15.6. The van der Waals surface area contributed by atoms with Crippen LogP contribution in [0.25, 0.3) is 28.0 Å². The number of alkyl carbamates (subject to hydrolysis) is 1. The van der Waals surface area contributed by atoms with Gasteiger partial charge in [0.2, 0.25) is 11.8 Å². The molecule has 4 heterocycles. The maximum Gasteiger partial charge on any atom is 0.407 e. The van der Waals surface area contributed by atoms with Gasteiger partial charge in [-0.15, -0.1) is 0 Å². The number of ether oxygens (including phenoxy) is 1. The first kappa shape index (κ1) is 36.0. The summed E-state index contributed by atoms with van der Waals surface area (Å²) < 4.78 is 4.76. The van der Waals surface area contributed by atoms with Gasteiger partial charge < -0.3 is 30.2 Å². The molecule has 1 aromatic heterocycles. The molecule has 6 rings (SSSR count). The zero-order valence-corrected chi connectivity index (χ0v) is 30.6. The number of H-pyrrole nitrogens is 1. The first-order valence-corrected chi connectivity index (χ1v) is 18.2. The fraction of sp³-hybridized carbons (Fsp3) is 0.475. The van der Waals surface area contributed by atoms with Crippen molar-refractivity contribution in [3.05, 3.63) is 72.3 Å². The number of hydrogen-bond acceptors (Lipinski definition) is 7. The number of nitrogens with zero attached hydrogens (tertiary/aromatic N) is 4. The highest BCUT2D eigenvalue weighted by Crippen LogP contribution is 2.34. The number of aromatic nitrogens is 2. The van der Waals surface area contributed by atoms with Gasteiger partial charge >= 0.3 is 6.09 Å². The van der Waals surface area contributed by atoms with Crippen LogP contribution in [0.3, 0.4) is 0 Å². The molecule has 3 aromatic rings. The molecular formula is C40H51N7O4. The summed E-state index contributed by atoms with van der Waals surface area (Å²) in [5, 5.41) is 5.91. The van der Waals surface area contributed by atoms with Crippen LogP contribution < -0.4 is 10.6 Å². The van der Waals surface area contributed by atoms with Gasteiger partial charge in [0, 0.05) is 31.4 Å². The number of nitrogens with one attached hydrogen (secondary N) is 3. The van der Waals surface area contributed by atoms with Crippen LogP contribution in [0.2, 0.25) is 0 Å². The normalized spacial score (nSPS) is 20.1. The number of carbonyl (C=O) groups excluding carboxylic acids is 3. The largest absolute Gasteiger partial charge is 0.453 e. The van der Waals surface area contributed by atoms with E-state index in [4.69, 9.17) is 14.7 Å². The van der Waals surface area contributed by atoms with Crippen LogP contribution in [0.4, 0.5) is 4.79 Å². The van der Waals surface area contributed by atoms with E-state index in [9.17, 15) is 14.4 Å². The molecule has 0 radical (unpaired) electrons. The van der Waals surface area contributed by atoms with Crippen LogP contribution in [0, 0.1) is 11.8 Å². The highest BCUT2D eigenvalue weighted by Gasteiger charge is 2.39. The van der Waals surface area contributed by atoms with Gasteiger partial charge in [-0.05, 0) is 72.4 Å². The molecule has 3 aliphatic rings. The number of aliphatic imine (C=N–C) groups is 1. The summed E-state index contributed by atoms with van der Waals surface area (Å²) in [7, 11) is 3.16. The molecule has 4 atom stereocenters. The summed E-state index contributed by atoms with van der Waals surface area (Å²) in [6, 6.07) is 16.0. The van der Waals surface area contributed by atoms with Crippen LogP contribution in [0.15, 0.2) is 65.9 Å². The SMILES string of the molecule is CN[C@H](C(=O)N1CCC[C@H]1c1ncc(-c2ccc(-c3ccc(C4=CN=C([C@@H]5CCCN5C(=O)[C@@H](NC(=O)OC)C(C)C)C4)cc3)cc2)[nH]1)C(C)C. The monoisotopic (exact) mass is 693 g/mol. The van der Waals surface area contributed by atoms with Gasteiger partial charge in [0.25, 0.3) is 0 Å². The van der Waals surface area contributed by atoms with Crippen molar-refractivity contribution in [1.29, 1.82) is 0 Å². The zero-order valence-electron chi connectivity index (χ0n) is 30.6. The van der Waals surface area contributed by atoms with E-state index in [1.54, 1.807) is 0 Å². The molecule has 270 valence electrons. The van der Waals surface area contributed by atoms with Crippen molar-refractivity contribution in [2.45, 2.75) is 84.0 Å². The highest BCUT2D eigenvalue weighted by molar-refractivity contribution is 6.03. The Morgan fingerprint density at radius 1 is 0.804 bits per heavy atom. The molecule has 3 N–H and O–H groups in total. The molecule has 0 bridgehead atoms. The first-order valence-electron chi connectivity index (χ1n) is 18.2. The molecule has 11 heteroatoms. The maximum absolute atomic E-state index is 13.5. The number of hydrogen-bond donors (Lipinski definition) is 3. The molecule has 3 aliphatic heterocycles. The van der Waals surface area contributed by atoms with E-state index in [0.29, 0.717) is 13.0 Å². The molecule has 0 saturated carbocycles. The summed E-state index contributed by atoms with van der Waals surface area (Å²) in [5.41, 5.74) is 7.43. The van der Waals surface area contributed by atoms with Crippen molar-refractivity contribution in [2.24, 2.45) is 16.8 Å². The summed E-state index contributed by atoms with van der Waals surface area (Å²) in [5.74, 6) is 1.03. The second-order valence-corrected chi connectivity index (χ2v) is 14.5. The van der Waals surface area contributed by atoms with Gasteiger partial charge in [-0.25, -0.2) is 9.78 Å². The Morgan fingerprint density at radius 3 is 1.94 bits per heavy atom. The number of likely N-dealkylation sites (tertiary alicyclic amines) is 2. The topological polar surface area (TPSA) is 132 Å². The minimum atomic E-state index is -0.646. The van der Waals surface area contributed by atoms with E-state index in [2.05, 4.69) is 78.0 Å². The van der Waals surface area contributed by atoms with Crippen LogP contribution in [-0.4, -0.2) is 88.8 Å². The van der Waals surface area contributed by atoms with Crippen LogP contribution in [0.5, 0.6) is 0 Å². The number of imidazole rings is 1. The van der Waals surface area contributed by atoms with Gasteiger partial charge in [0.1, 0.15) is 11.9 Å². The Kier molecular flexibility index (Phi) is 11.0. The van der Waals surface area contributed by atoms with E-state index >= 15 is 0 Å². The van der Waals surface area contributed by atoms with E-state index in [1.165, 1.54) is 7.11 Å². The Balaban J connectivity index is 1.07. The molecule has 0 unspecified atom stereocenters. The fourth-order valence-electron chi connectivity index (χ4n) is 7.69. The van der Waals surface area contributed by atoms with Crippen molar-refractivity contribution in [3.8, 4) is 22.4 Å². The number of carbonyl (C=O) groups is 3. The van der Waals surface area contributed by atoms with Crippen LogP contribution >= 0.6 is 0 Å². The molecule has 2 fully saturated rings. The smallest absolute Gasteiger partial charge is 0.407 e. The molecule has 2 saturated heterocycles. The minimum absolute atomic E-state index is 0.0396. The maximum atomic E-state index is 13.5. The van der Waals surface area contributed by atoms with Gasteiger partial charge in [0.15, 0.2) is 0 Å². The average molecular weight is 694 g/mol. The lowest BCUT2D eigenvalue weighted by Gasteiger charge is -2.31. The summed E-state index contributed by atoms with van der Waals surface area (Å²) in [6.45, 7) is 9.38. The molecule has 51 heavy (non-hydrogen) atoms. The van der Waals surface area contributed by atoms with Crippen LogP contribution in [0.1, 0.15) is 77.2 Å². The molecule has 0 spiro atoms. The van der Waals surface area contributed by atoms with Crippen molar-refractivity contribution in [1.82, 2.24) is 30.4 Å². The number of allylic oxidation sites excluding steroid dienone is 1. The number of likely N-dealkylation sites (N-methyl/N-ethyl adjacent to an activating group) is 1. The number of methoxy groups -OCH3 is 1. The van der Waals surface area contributed by atoms with E-state index in [-0.39, 0.29) is 41.8 Å². The lowest BCUT2D eigenvalue weighted by atomic mass is 9.95. The van der Waals surface area contributed by atoms with Crippen molar-refractivity contribution >= 4 is 29.2 Å². The van der Waals surface area contributed by atoms with E-state index < -0.39 is 12.1 Å². The Labute approximate surface area is 301 Å². The standard InChI is InChI=1S/C40H51N7O4/c1-24(2)35(41-5)38(48)47-20-8-10-34(47)37-43-23-32(44-37)29-17-15-27(16-18-29)26-11-13-28(14-12-26)30-21-31(42-22-30)33-9-7-19-46(33)39(49)36(25(3)4)45-40(50)51-6/h11-18,22-25,33-36,41H,7-10,19-21H2,1-6H3,(H,43,44)(H,45,50)/t33-,34-,35-,36-/m0/s1. The summed E-state index contributed by atoms with van der Waals surface area (Å²) >= 11 is 0. The Morgan fingerprint density at radius 2 is 1.35 bits per heavy atom. The van der Waals surface area contributed by atoms with E-state index in [0.717, 1.165) is 77.3 Å². The van der Waals surface area contributed by atoms with Crippen molar-refractivity contribution < 1.29 is 19.1 Å². The van der Waals surface area contributed by atoms with E-state index in [1.807, 2.05) is 43.1 Å². The van der Waals surface area contributed by atoms with Gasteiger partial charge in [-0.1, -0.05) is 76.2 Å². The molecular weight excluding hydrogens is 642 g/mol. The fourth-order valence-corrected chi connectivity index (χ4v) is 7.69. The number of aromatic amines is 1. The number of rotatable bonds is 11. The lowest BCUT2D eigenvalue weighted by molar-refractivity contribution is -0.135. The van der Waals surface area contributed by atoms with Gasteiger partial charge in [-0.3, -0.25) is 14.6 Å². The molecule has 3 amide bonds. The van der Waals surface area contributed by atoms with Gasteiger partial charge in [-0.2, -0.15) is 0 Å². The average Bonchev–Trinajstić information content (AvgIpc) is 3.97. The van der Waals surface area contributed by atoms with Crippen LogP contribution in [-0.2, 0) is 14.3 Å². The second-order valence-electron chi connectivity index (χ2n) is 14.5. The Bertz CT molecular complexity index is 1780. The van der Waals surface area contributed by atoms with Crippen molar-refractivity contribution in [3.63, 3.8) is 0 Å². The van der Waals surface area contributed by atoms with Gasteiger partial charge in [0.05, 0.1) is 37.1 Å². The molecule has 0 aliphatic carbocycles. The third kappa shape index (κ3) is 7.63. The third-order valence-electron chi connectivity index (χ3n) is 10.5. The van der Waals surface area contributed by atoms with Crippen molar-refractivity contribution in [2.75, 3.05) is 27.2 Å². The zero-order chi connectivity index (χ0) is 36.2. The molecule has 2 aromatic carbocycles. The molecule has 11 nitrogen and oxygen atoms in total. The first-order chi connectivity index (χ1) is 24.6. The predicted octanol–water partition coefficient (Wildman–Crippen LogP) is 6.21. The highest BCUT2D eigenvalue weighted by atomic mass is 16.5.